The van der Waals surface area contributed by atoms with Crippen molar-refractivity contribution in [2.24, 2.45) is 0 Å². The van der Waals surface area contributed by atoms with Gasteiger partial charge in [0.2, 0.25) is 0 Å². The van der Waals surface area contributed by atoms with E-state index < -0.39 is 0 Å². The second kappa shape index (κ2) is 4.85. The average Bonchev–Trinajstić information content (AvgIpc) is 3.23. The lowest BCUT2D eigenvalue weighted by Crippen LogP contribution is -1.83. The summed E-state index contributed by atoms with van der Waals surface area (Å²) in [5, 5.41) is 11.0. The smallest absolute Gasteiger partial charge is 0.137 e. The van der Waals surface area contributed by atoms with Gasteiger partial charge in [-0.1, -0.05) is 6.07 Å². The summed E-state index contributed by atoms with van der Waals surface area (Å²) in [7, 11) is 0. The minimum absolute atomic E-state index is 0.636. The van der Waals surface area contributed by atoms with E-state index in [2.05, 4.69) is 40.7 Å². The van der Waals surface area contributed by atoms with Crippen molar-refractivity contribution in [3.63, 3.8) is 0 Å². The van der Waals surface area contributed by atoms with Gasteiger partial charge in [0.25, 0.3) is 0 Å². The molecule has 100 valence electrons. The van der Waals surface area contributed by atoms with Crippen LogP contribution >= 0.6 is 22.7 Å². The van der Waals surface area contributed by atoms with Crippen LogP contribution in [0.5, 0.6) is 0 Å². The number of fused-ring (bicyclic) bond motifs is 1. The monoisotopic (exact) mass is 307 g/mol. The topological polar surface area (TPSA) is 41.1 Å². The number of nitrogens with zero attached hydrogens (tertiary/aromatic N) is 3. The molecular formula is C16H9N3S2. The lowest BCUT2D eigenvalue weighted by molar-refractivity contribution is 1.17. The van der Waals surface area contributed by atoms with Crippen LogP contribution in [0.25, 0.3) is 26.0 Å². The summed E-state index contributed by atoms with van der Waals surface area (Å²) in [6.07, 6.45) is 3.78. The number of thiophene rings is 2. The molecule has 3 nitrogen and oxygen atoms in total. The predicted octanol–water partition coefficient (Wildman–Crippen LogP) is 4.66. The predicted molar refractivity (Wildman–Crippen MR) is 86.5 cm³/mol. The van der Waals surface area contributed by atoms with Gasteiger partial charge in [-0.25, -0.2) is 4.98 Å². The Kier molecular flexibility index (Phi) is 2.85. The summed E-state index contributed by atoms with van der Waals surface area (Å²) in [5.41, 5.74) is 2.44. The molecule has 0 bridgehead atoms. The van der Waals surface area contributed by atoms with E-state index in [1.54, 1.807) is 34.9 Å². The van der Waals surface area contributed by atoms with E-state index in [0.717, 1.165) is 16.2 Å². The highest BCUT2D eigenvalue weighted by Gasteiger charge is 2.09. The van der Waals surface area contributed by atoms with Crippen molar-refractivity contribution in [3.05, 3.63) is 59.7 Å². The molecule has 0 saturated carbocycles. The van der Waals surface area contributed by atoms with Crippen molar-refractivity contribution >= 4 is 28.3 Å². The summed E-state index contributed by atoms with van der Waals surface area (Å²) >= 11 is 3.48. The van der Waals surface area contributed by atoms with E-state index in [0.29, 0.717) is 5.56 Å². The first-order chi connectivity index (χ1) is 10.3. The van der Waals surface area contributed by atoms with E-state index in [1.165, 1.54) is 9.75 Å². The number of imidazole rings is 1. The molecule has 0 aliphatic heterocycles. The third-order valence-electron chi connectivity index (χ3n) is 3.20. The van der Waals surface area contributed by atoms with Gasteiger partial charge in [-0.15, -0.1) is 22.7 Å². The maximum Gasteiger partial charge on any atom is 0.137 e. The first-order valence-corrected chi connectivity index (χ1v) is 8.06. The number of hydrogen-bond acceptors (Lipinski definition) is 4. The Labute approximate surface area is 129 Å². The van der Waals surface area contributed by atoms with Crippen molar-refractivity contribution in [1.82, 2.24) is 9.38 Å². The fraction of sp³-hybridized carbons (Fsp3) is 0. The second-order valence-corrected chi connectivity index (χ2v) is 6.59. The van der Waals surface area contributed by atoms with Crippen LogP contribution in [0.2, 0.25) is 0 Å². The maximum atomic E-state index is 8.95. The van der Waals surface area contributed by atoms with Crippen molar-refractivity contribution in [2.45, 2.75) is 0 Å². The minimum Gasteiger partial charge on any atom is -0.305 e. The first kappa shape index (κ1) is 12.3. The summed E-state index contributed by atoms with van der Waals surface area (Å²) < 4.78 is 1.90. The quantitative estimate of drug-likeness (QED) is 0.540. The Bertz CT molecular complexity index is 955. The zero-order valence-corrected chi connectivity index (χ0v) is 12.5. The normalized spacial score (nSPS) is 10.8. The molecule has 5 heteroatoms. The Morgan fingerprint density at radius 3 is 2.71 bits per heavy atom. The van der Waals surface area contributed by atoms with Gasteiger partial charge in [0.05, 0.1) is 16.1 Å². The fourth-order valence-corrected chi connectivity index (χ4v) is 4.00. The van der Waals surface area contributed by atoms with Crippen LogP contribution in [-0.4, -0.2) is 9.38 Å². The van der Waals surface area contributed by atoms with Gasteiger partial charge < -0.3 is 4.40 Å². The van der Waals surface area contributed by atoms with Crippen molar-refractivity contribution in [3.8, 4) is 26.4 Å². The fourth-order valence-electron chi connectivity index (χ4n) is 2.20. The molecule has 0 aliphatic rings. The number of nitriles is 1. The van der Waals surface area contributed by atoms with Crippen LogP contribution in [0, 0.1) is 11.3 Å². The van der Waals surface area contributed by atoms with Gasteiger partial charge in [0, 0.05) is 22.1 Å². The Morgan fingerprint density at radius 1 is 1.00 bits per heavy atom. The van der Waals surface area contributed by atoms with E-state index in [9.17, 15) is 0 Å². The highest BCUT2D eigenvalue weighted by Crippen LogP contribution is 2.36. The third-order valence-corrected chi connectivity index (χ3v) is 5.38. The van der Waals surface area contributed by atoms with Crippen molar-refractivity contribution < 1.29 is 0 Å². The maximum absolute atomic E-state index is 8.95. The standard InChI is InChI=1S/C16H9N3S2/c17-8-11-3-6-16-18-12(10-19(16)9-11)13-4-5-15(21-13)14-2-1-7-20-14/h1-7,9-10H. The number of aromatic nitrogens is 2. The van der Waals surface area contributed by atoms with Crippen LogP contribution in [0.1, 0.15) is 5.56 Å². The van der Waals surface area contributed by atoms with Gasteiger partial charge >= 0.3 is 0 Å². The number of pyridine rings is 1. The first-order valence-electron chi connectivity index (χ1n) is 6.36. The summed E-state index contributed by atoms with van der Waals surface area (Å²) in [5.74, 6) is 0. The summed E-state index contributed by atoms with van der Waals surface area (Å²) in [6.45, 7) is 0. The van der Waals surface area contributed by atoms with E-state index in [4.69, 9.17) is 5.26 Å². The molecule has 0 fully saturated rings. The molecule has 4 heterocycles. The van der Waals surface area contributed by atoms with Gasteiger partial charge in [0.15, 0.2) is 0 Å². The molecule has 0 N–H and O–H groups in total. The lowest BCUT2D eigenvalue weighted by atomic mass is 10.3. The van der Waals surface area contributed by atoms with Crippen LogP contribution in [0.15, 0.2) is 54.2 Å². The third kappa shape index (κ3) is 2.15. The Hall–Kier alpha value is -2.42. The Morgan fingerprint density at radius 2 is 1.90 bits per heavy atom. The van der Waals surface area contributed by atoms with E-state index >= 15 is 0 Å². The molecule has 4 aromatic heterocycles. The molecule has 4 rings (SSSR count). The van der Waals surface area contributed by atoms with Crippen LogP contribution in [0.4, 0.5) is 0 Å². The van der Waals surface area contributed by atoms with E-state index in [-0.39, 0.29) is 0 Å². The highest BCUT2D eigenvalue weighted by molar-refractivity contribution is 7.23. The van der Waals surface area contributed by atoms with Crippen molar-refractivity contribution in [2.75, 3.05) is 0 Å². The second-order valence-electron chi connectivity index (χ2n) is 4.56. The molecule has 0 saturated heterocycles. The van der Waals surface area contributed by atoms with Gasteiger partial charge in [-0.3, -0.25) is 0 Å². The molecule has 21 heavy (non-hydrogen) atoms. The molecule has 0 aliphatic carbocycles. The SMILES string of the molecule is N#Cc1ccc2nc(-c3ccc(-c4cccs4)s3)cn2c1. The Balaban J connectivity index is 1.78. The number of rotatable bonds is 2. The molecule has 0 unspecified atom stereocenters. The minimum atomic E-state index is 0.636. The molecule has 0 spiro atoms. The zero-order chi connectivity index (χ0) is 14.2. The molecular weight excluding hydrogens is 298 g/mol. The van der Waals surface area contributed by atoms with Crippen LogP contribution in [-0.2, 0) is 0 Å². The zero-order valence-electron chi connectivity index (χ0n) is 10.9. The number of hydrogen-bond donors (Lipinski definition) is 0. The van der Waals surface area contributed by atoms with Gasteiger partial charge in [-0.05, 0) is 35.7 Å². The molecule has 0 amide bonds. The molecule has 0 aromatic carbocycles. The molecule has 4 aromatic rings. The van der Waals surface area contributed by atoms with E-state index in [1.807, 2.05) is 16.7 Å². The molecule has 0 radical (unpaired) electrons. The lowest BCUT2D eigenvalue weighted by Gasteiger charge is -1.91. The highest BCUT2D eigenvalue weighted by atomic mass is 32.1. The average molecular weight is 307 g/mol. The van der Waals surface area contributed by atoms with Crippen molar-refractivity contribution in [1.29, 1.82) is 5.26 Å². The largest absolute Gasteiger partial charge is 0.305 e. The van der Waals surface area contributed by atoms with Crippen LogP contribution in [0.3, 0.4) is 0 Å². The van der Waals surface area contributed by atoms with Crippen LogP contribution < -0.4 is 0 Å². The molecule has 0 atom stereocenters. The summed E-state index contributed by atoms with van der Waals surface area (Å²) in [4.78, 5) is 8.30. The van der Waals surface area contributed by atoms with Gasteiger partial charge in [-0.2, -0.15) is 5.26 Å². The summed E-state index contributed by atoms with van der Waals surface area (Å²) in [6, 6.07) is 14.2. The van der Waals surface area contributed by atoms with Gasteiger partial charge in [0.1, 0.15) is 11.7 Å².